The molecule has 1 N–H and O–H groups in total. The van der Waals surface area contributed by atoms with E-state index >= 15 is 0 Å². The number of hydrogen-bond donors (Lipinski definition) is 1. The number of benzene rings is 3. The van der Waals surface area contributed by atoms with Crippen LogP contribution in [0.1, 0.15) is 36.0 Å². The summed E-state index contributed by atoms with van der Waals surface area (Å²) in [5.74, 6) is -0.528. The monoisotopic (exact) mass is 342 g/mol. The maximum Gasteiger partial charge on any atom is 0.252 e. The molecule has 0 atom stereocenters. The lowest BCUT2D eigenvalue weighted by Crippen LogP contribution is -2.27. The van der Waals surface area contributed by atoms with Crippen LogP contribution in [0.15, 0.2) is 96.1 Å². The quantitative estimate of drug-likeness (QED) is 0.510. The van der Waals surface area contributed by atoms with E-state index in [0.717, 1.165) is 28.8 Å². The van der Waals surface area contributed by atoms with Crippen LogP contribution >= 0.6 is 0 Å². The highest BCUT2D eigenvalue weighted by atomic mass is 16.2. The van der Waals surface area contributed by atoms with Crippen molar-refractivity contribution in [2.75, 3.05) is 0 Å². The number of carbonyl (C=O) groups is 1. The van der Waals surface area contributed by atoms with Crippen LogP contribution in [0.5, 0.6) is 0 Å². The minimum Gasteiger partial charge on any atom is -0.272 e. The predicted octanol–water partition coefficient (Wildman–Crippen LogP) is 4.75. The van der Waals surface area contributed by atoms with Crippen molar-refractivity contribution in [1.82, 2.24) is 5.43 Å². The summed E-state index contributed by atoms with van der Waals surface area (Å²) < 4.78 is 0. The van der Waals surface area contributed by atoms with Gasteiger partial charge in [-0.25, -0.2) is 5.43 Å². The van der Waals surface area contributed by atoms with E-state index in [1.54, 1.807) is 0 Å². The molecule has 130 valence electrons. The third kappa shape index (κ3) is 4.25. The lowest BCUT2D eigenvalue weighted by molar-refractivity contribution is -0.121. The molecular weight excluding hydrogens is 320 g/mol. The van der Waals surface area contributed by atoms with Crippen molar-refractivity contribution < 1.29 is 4.79 Å². The first-order valence-corrected chi connectivity index (χ1v) is 8.81. The van der Waals surface area contributed by atoms with Crippen LogP contribution < -0.4 is 5.43 Å². The number of nitrogens with one attached hydrogen (secondary N) is 1. The van der Waals surface area contributed by atoms with Gasteiger partial charge in [0.1, 0.15) is 0 Å². The van der Waals surface area contributed by atoms with Gasteiger partial charge in [-0.2, -0.15) is 5.10 Å². The molecule has 3 heteroatoms. The van der Waals surface area contributed by atoms with E-state index in [0.29, 0.717) is 0 Å². The van der Waals surface area contributed by atoms with Gasteiger partial charge in [0, 0.05) is 0 Å². The lowest BCUT2D eigenvalue weighted by atomic mass is 9.91. The van der Waals surface area contributed by atoms with E-state index in [1.807, 2.05) is 97.9 Å². The average Bonchev–Trinajstić information content (AvgIpc) is 2.71. The van der Waals surface area contributed by atoms with Crippen molar-refractivity contribution in [2.45, 2.75) is 19.3 Å². The molecule has 0 aliphatic heterocycles. The summed E-state index contributed by atoms with van der Waals surface area (Å²) in [5.41, 5.74) is 6.55. The Bertz CT molecular complexity index is 819. The third-order valence-corrected chi connectivity index (χ3v) is 4.27. The van der Waals surface area contributed by atoms with Crippen LogP contribution in [-0.4, -0.2) is 11.6 Å². The van der Waals surface area contributed by atoms with Crippen LogP contribution in [0.25, 0.3) is 0 Å². The fourth-order valence-electron chi connectivity index (χ4n) is 2.95. The van der Waals surface area contributed by atoms with Gasteiger partial charge in [-0.05, 0) is 23.1 Å². The molecule has 0 unspecified atom stereocenters. The molecule has 0 saturated heterocycles. The number of nitrogens with zero attached hydrogens (tertiary/aromatic N) is 1. The Labute approximate surface area is 154 Å². The molecule has 0 spiro atoms. The van der Waals surface area contributed by atoms with Crippen LogP contribution in [0.4, 0.5) is 0 Å². The van der Waals surface area contributed by atoms with E-state index in [2.05, 4.69) is 10.5 Å². The van der Waals surface area contributed by atoms with Gasteiger partial charge >= 0.3 is 0 Å². The van der Waals surface area contributed by atoms with Crippen molar-refractivity contribution in [1.29, 1.82) is 0 Å². The second-order valence-corrected chi connectivity index (χ2v) is 6.01. The first-order chi connectivity index (χ1) is 12.8. The number of hydrogen-bond acceptors (Lipinski definition) is 2. The second-order valence-electron chi connectivity index (χ2n) is 6.01. The van der Waals surface area contributed by atoms with E-state index in [1.165, 1.54) is 0 Å². The van der Waals surface area contributed by atoms with Gasteiger partial charge < -0.3 is 0 Å². The Hall–Kier alpha value is -3.20. The Kier molecular flexibility index (Phi) is 5.94. The molecule has 3 aromatic carbocycles. The smallest absolute Gasteiger partial charge is 0.252 e. The van der Waals surface area contributed by atoms with Crippen molar-refractivity contribution in [3.05, 3.63) is 108 Å². The molecule has 3 aromatic rings. The summed E-state index contributed by atoms with van der Waals surface area (Å²) in [6, 6.07) is 29.5. The normalized spacial score (nSPS) is 11.4. The number of rotatable bonds is 6. The van der Waals surface area contributed by atoms with E-state index in [9.17, 15) is 4.79 Å². The largest absolute Gasteiger partial charge is 0.272 e. The summed E-state index contributed by atoms with van der Waals surface area (Å²) in [6.07, 6.45) is 0.742. The Morgan fingerprint density at radius 2 is 1.27 bits per heavy atom. The SMILES string of the molecule is CC/C(=N/NC(=O)C(c1ccccc1)c1ccccc1)c1ccccc1. The van der Waals surface area contributed by atoms with Crippen molar-refractivity contribution in [3.8, 4) is 0 Å². The van der Waals surface area contributed by atoms with E-state index in [-0.39, 0.29) is 5.91 Å². The maximum atomic E-state index is 13.0. The van der Waals surface area contributed by atoms with Crippen LogP contribution in [0.2, 0.25) is 0 Å². The molecule has 0 fully saturated rings. The van der Waals surface area contributed by atoms with E-state index < -0.39 is 5.92 Å². The molecule has 0 aliphatic rings. The fraction of sp³-hybridized carbons (Fsp3) is 0.130. The van der Waals surface area contributed by atoms with Gasteiger partial charge in [-0.15, -0.1) is 0 Å². The molecule has 3 rings (SSSR count). The molecule has 0 aliphatic carbocycles. The number of amides is 1. The van der Waals surface area contributed by atoms with E-state index in [4.69, 9.17) is 0 Å². The third-order valence-electron chi connectivity index (χ3n) is 4.27. The van der Waals surface area contributed by atoms with Gasteiger partial charge in [-0.3, -0.25) is 4.79 Å². The molecule has 0 bridgehead atoms. The zero-order valence-electron chi connectivity index (χ0n) is 14.8. The average molecular weight is 342 g/mol. The predicted molar refractivity (Wildman–Crippen MR) is 106 cm³/mol. The van der Waals surface area contributed by atoms with Crippen molar-refractivity contribution >= 4 is 11.6 Å². The molecule has 0 aromatic heterocycles. The molecule has 0 radical (unpaired) electrons. The molecule has 26 heavy (non-hydrogen) atoms. The lowest BCUT2D eigenvalue weighted by Gasteiger charge is -2.16. The molecular formula is C23H22N2O. The van der Waals surface area contributed by atoms with Crippen LogP contribution in [0.3, 0.4) is 0 Å². The first-order valence-electron chi connectivity index (χ1n) is 8.81. The minimum atomic E-state index is -0.393. The molecule has 1 amide bonds. The topological polar surface area (TPSA) is 41.5 Å². The summed E-state index contributed by atoms with van der Waals surface area (Å²) in [7, 11) is 0. The number of hydrazone groups is 1. The maximum absolute atomic E-state index is 13.0. The highest BCUT2D eigenvalue weighted by Gasteiger charge is 2.22. The highest BCUT2D eigenvalue weighted by Crippen LogP contribution is 2.24. The fourth-order valence-corrected chi connectivity index (χ4v) is 2.95. The Morgan fingerprint density at radius 1 is 0.808 bits per heavy atom. The first kappa shape index (κ1) is 17.6. The van der Waals surface area contributed by atoms with Crippen LogP contribution in [-0.2, 0) is 4.79 Å². The summed E-state index contributed by atoms with van der Waals surface area (Å²) >= 11 is 0. The Balaban J connectivity index is 1.88. The minimum absolute atomic E-state index is 0.135. The number of carbonyl (C=O) groups excluding carboxylic acids is 1. The van der Waals surface area contributed by atoms with Gasteiger partial charge in [-0.1, -0.05) is 97.9 Å². The zero-order valence-corrected chi connectivity index (χ0v) is 14.8. The highest BCUT2D eigenvalue weighted by molar-refractivity contribution is 6.01. The second kappa shape index (κ2) is 8.77. The Morgan fingerprint density at radius 3 is 1.73 bits per heavy atom. The molecule has 3 nitrogen and oxygen atoms in total. The summed E-state index contributed by atoms with van der Waals surface area (Å²) in [4.78, 5) is 13.0. The van der Waals surface area contributed by atoms with Gasteiger partial charge in [0.25, 0.3) is 5.91 Å². The summed E-state index contributed by atoms with van der Waals surface area (Å²) in [6.45, 7) is 2.03. The zero-order chi connectivity index (χ0) is 18.2. The molecule has 0 saturated carbocycles. The van der Waals surface area contributed by atoms with Crippen molar-refractivity contribution in [2.24, 2.45) is 5.10 Å². The summed E-state index contributed by atoms with van der Waals surface area (Å²) in [5, 5.41) is 4.40. The van der Waals surface area contributed by atoms with Crippen molar-refractivity contribution in [3.63, 3.8) is 0 Å². The standard InChI is InChI=1S/C23H22N2O/c1-2-21(18-12-6-3-7-13-18)24-25-23(26)22(19-14-8-4-9-15-19)20-16-10-5-11-17-20/h3-17,22H,2H2,1H3,(H,25,26)/b24-21-. The van der Waals surface area contributed by atoms with Crippen LogP contribution in [0, 0.1) is 0 Å². The molecule has 0 heterocycles. The van der Waals surface area contributed by atoms with Gasteiger partial charge in [0.2, 0.25) is 0 Å². The van der Waals surface area contributed by atoms with Gasteiger partial charge in [0.15, 0.2) is 0 Å². The van der Waals surface area contributed by atoms with Gasteiger partial charge in [0.05, 0.1) is 11.6 Å².